The van der Waals surface area contributed by atoms with Gasteiger partial charge in [0, 0.05) is 17.3 Å². The zero-order valence-electron chi connectivity index (χ0n) is 18.1. The fourth-order valence-electron chi connectivity index (χ4n) is 4.24. The van der Waals surface area contributed by atoms with Gasteiger partial charge in [-0.3, -0.25) is 4.79 Å². The van der Waals surface area contributed by atoms with E-state index in [1.54, 1.807) is 11.3 Å². The molecule has 3 heterocycles. The maximum absolute atomic E-state index is 13.6. The molecule has 0 N–H and O–H groups in total. The van der Waals surface area contributed by atoms with Crippen molar-refractivity contribution < 1.29 is 4.79 Å². The van der Waals surface area contributed by atoms with Crippen molar-refractivity contribution in [2.75, 3.05) is 0 Å². The van der Waals surface area contributed by atoms with Crippen LogP contribution in [0.1, 0.15) is 10.4 Å². The predicted molar refractivity (Wildman–Crippen MR) is 142 cm³/mol. The number of para-hydroxylation sites is 1. The number of fused-ring (bicyclic) bond motifs is 4. The zero-order valence-corrected chi connectivity index (χ0v) is 19.8. The highest BCUT2D eigenvalue weighted by Crippen LogP contribution is 2.30. The summed E-state index contributed by atoms with van der Waals surface area (Å²) in [5, 5.41) is 5.14. The molecule has 0 unspecified atom stereocenters. The van der Waals surface area contributed by atoms with Crippen molar-refractivity contribution in [3.8, 4) is 10.6 Å². The van der Waals surface area contributed by atoms with Crippen molar-refractivity contribution in [3.63, 3.8) is 0 Å². The summed E-state index contributed by atoms with van der Waals surface area (Å²) in [5.41, 5.74) is 3.18. The third-order valence-corrected chi connectivity index (χ3v) is 7.82. The van der Waals surface area contributed by atoms with Crippen molar-refractivity contribution >= 4 is 60.5 Å². The minimum atomic E-state index is -0.273. The lowest BCUT2D eigenvalue weighted by Gasteiger charge is -2.06. The van der Waals surface area contributed by atoms with E-state index in [9.17, 15) is 4.79 Å². The minimum Gasteiger partial charge on any atom is -0.312 e. The highest BCUT2D eigenvalue weighted by molar-refractivity contribution is 7.17. The Hall–Kier alpha value is -3.87. The summed E-state index contributed by atoms with van der Waals surface area (Å²) in [7, 11) is 0. The number of carbonyl (C=O) groups excluding carboxylic acids is 1. The number of allylic oxidation sites excluding steroid dienone is 1. The number of amides is 1. The number of hydrogen-bond donors (Lipinski definition) is 0. The van der Waals surface area contributed by atoms with E-state index in [0.29, 0.717) is 16.9 Å². The molecule has 3 aromatic carbocycles. The fraction of sp³-hybridized carbons (Fsp3) is 0.0357. The molecule has 6 heteroatoms. The first kappa shape index (κ1) is 20.7. The summed E-state index contributed by atoms with van der Waals surface area (Å²) in [6, 6.07) is 26.1. The lowest BCUT2D eigenvalue weighted by Crippen LogP contribution is -2.16. The Kier molecular flexibility index (Phi) is 5.17. The maximum Gasteiger partial charge on any atom is 0.280 e. The molecule has 0 aliphatic rings. The molecule has 3 aromatic heterocycles. The maximum atomic E-state index is 13.6. The second kappa shape index (κ2) is 8.48. The molecule has 0 saturated carbocycles. The van der Waals surface area contributed by atoms with Crippen LogP contribution in [0.15, 0.2) is 102 Å². The van der Waals surface area contributed by atoms with Crippen molar-refractivity contribution in [1.82, 2.24) is 9.55 Å². The molecule has 164 valence electrons. The van der Waals surface area contributed by atoms with Gasteiger partial charge in [-0.1, -0.05) is 72.0 Å². The number of rotatable bonds is 4. The molecule has 0 aliphatic carbocycles. The number of hydrogen-bond acceptors (Lipinski definition) is 4. The Morgan fingerprint density at radius 3 is 2.65 bits per heavy atom. The third kappa shape index (κ3) is 3.48. The van der Waals surface area contributed by atoms with Gasteiger partial charge in [0.2, 0.25) is 0 Å². The second-order valence-corrected chi connectivity index (χ2v) is 9.81. The molecule has 4 nitrogen and oxygen atoms in total. The van der Waals surface area contributed by atoms with Crippen LogP contribution in [-0.4, -0.2) is 15.5 Å². The zero-order chi connectivity index (χ0) is 23.1. The predicted octanol–water partition coefficient (Wildman–Crippen LogP) is 7.06. The van der Waals surface area contributed by atoms with Crippen LogP contribution in [0.5, 0.6) is 0 Å². The molecule has 0 atom stereocenters. The number of thiophene rings is 1. The molecule has 6 rings (SSSR count). The van der Waals surface area contributed by atoms with E-state index >= 15 is 0 Å². The Morgan fingerprint density at radius 2 is 1.82 bits per heavy atom. The van der Waals surface area contributed by atoms with Gasteiger partial charge in [0.1, 0.15) is 0 Å². The lowest BCUT2D eigenvalue weighted by molar-refractivity contribution is 0.0999. The van der Waals surface area contributed by atoms with Gasteiger partial charge >= 0.3 is 0 Å². The minimum absolute atomic E-state index is 0.273. The Balaban J connectivity index is 1.58. The van der Waals surface area contributed by atoms with Crippen LogP contribution in [-0.2, 0) is 6.54 Å². The Labute approximate surface area is 203 Å². The fourth-order valence-corrected chi connectivity index (χ4v) is 6.10. The van der Waals surface area contributed by atoms with Gasteiger partial charge in [-0.05, 0) is 35.0 Å². The number of aromatic nitrogens is 2. The highest BCUT2D eigenvalue weighted by Gasteiger charge is 2.16. The standard InChI is InChI=1S/C28H19N3OS2/c1-2-15-31-24-14-13-18-8-3-4-9-19(18)26(24)34-28(31)30-27(32)21-17-23(25-12-7-16-33-25)29-22-11-6-5-10-20(21)22/h2-14,16-17H,1,15H2. The summed E-state index contributed by atoms with van der Waals surface area (Å²) in [6.07, 6.45) is 1.83. The van der Waals surface area contributed by atoms with Gasteiger partial charge in [0.05, 0.1) is 31.9 Å². The molecule has 0 fully saturated rings. The molecular weight excluding hydrogens is 458 g/mol. The van der Waals surface area contributed by atoms with Crippen molar-refractivity contribution in [3.05, 3.63) is 107 Å². The van der Waals surface area contributed by atoms with Gasteiger partial charge in [-0.15, -0.1) is 17.9 Å². The molecular formula is C28H19N3OS2. The number of thiazole rings is 1. The van der Waals surface area contributed by atoms with Gasteiger partial charge in [-0.2, -0.15) is 4.99 Å². The molecule has 0 aliphatic heterocycles. The monoisotopic (exact) mass is 477 g/mol. The van der Waals surface area contributed by atoms with Crippen LogP contribution in [0.3, 0.4) is 0 Å². The summed E-state index contributed by atoms with van der Waals surface area (Å²) in [5.74, 6) is -0.273. The molecule has 0 spiro atoms. The summed E-state index contributed by atoms with van der Waals surface area (Å²) in [6.45, 7) is 4.49. The van der Waals surface area contributed by atoms with E-state index in [2.05, 4.69) is 40.4 Å². The number of nitrogens with zero attached hydrogens (tertiary/aromatic N) is 3. The van der Waals surface area contributed by atoms with Gasteiger partial charge in [-0.25, -0.2) is 4.98 Å². The van der Waals surface area contributed by atoms with Crippen LogP contribution in [0, 0.1) is 0 Å². The van der Waals surface area contributed by atoms with E-state index in [-0.39, 0.29) is 5.91 Å². The van der Waals surface area contributed by atoms with Crippen LogP contribution in [0.4, 0.5) is 0 Å². The summed E-state index contributed by atoms with van der Waals surface area (Å²) in [4.78, 5) is 24.7. The van der Waals surface area contributed by atoms with Crippen LogP contribution < -0.4 is 4.80 Å². The third-order valence-electron chi connectivity index (χ3n) is 5.80. The SMILES string of the molecule is C=CCn1c(=NC(=O)c2cc(-c3cccs3)nc3ccccc23)sc2c3ccccc3ccc21. The van der Waals surface area contributed by atoms with Gasteiger partial charge < -0.3 is 4.57 Å². The molecule has 0 radical (unpaired) electrons. The first-order valence-corrected chi connectivity index (χ1v) is 12.6. The molecule has 6 aromatic rings. The van der Waals surface area contributed by atoms with Crippen molar-refractivity contribution in [2.45, 2.75) is 6.54 Å². The van der Waals surface area contributed by atoms with E-state index in [4.69, 9.17) is 4.98 Å². The van der Waals surface area contributed by atoms with E-state index < -0.39 is 0 Å². The highest BCUT2D eigenvalue weighted by atomic mass is 32.1. The molecule has 0 saturated heterocycles. The Bertz CT molecular complexity index is 1780. The average Bonchev–Trinajstić information content (AvgIpc) is 3.53. The molecule has 0 bridgehead atoms. The van der Waals surface area contributed by atoms with Crippen LogP contribution in [0.2, 0.25) is 0 Å². The first-order valence-electron chi connectivity index (χ1n) is 10.9. The van der Waals surface area contributed by atoms with Gasteiger partial charge in [0.25, 0.3) is 5.91 Å². The van der Waals surface area contributed by atoms with Crippen LogP contribution in [0.25, 0.3) is 42.5 Å². The number of benzene rings is 3. The topological polar surface area (TPSA) is 47.2 Å². The molecule has 34 heavy (non-hydrogen) atoms. The quantitative estimate of drug-likeness (QED) is 0.255. The van der Waals surface area contributed by atoms with E-state index in [1.165, 1.54) is 16.7 Å². The normalized spacial score (nSPS) is 12.1. The lowest BCUT2D eigenvalue weighted by atomic mass is 10.1. The van der Waals surface area contributed by atoms with E-state index in [1.807, 2.05) is 66.1 Å². The van der Waals surface area contributed by atoms with Crippen molar-refractivity contribution in [1.29, 1.82) is 0 Å². The largest absolute Gasteiger partial charge is 0.312 e. The summed E-state index contributed by atoms with van der Waals surface area (Å²) < 4.78 is 3.17. The number of pyridine rings is 1. The second-order valence-electron chi connectivity index (χ2n) is 7.89. The first-order chi connectivity index (χ1) is 16.7. The average molecular weight is 478 g/mol. The van der Waals surface area contributed by atoms with Gasteiger partial charge in [0.15, 0.2) is 4.80 Å². The van der Waals surface area contributed by atoms with Crippen molar-refractivity contribution in [2.24, 2.45) is 4.99 Å². The smallest absolute Gasteiger partial charge is 0.280 e. The number of carbonyl (C=O) groups is 1. The van der Waals surface area contributed by atoms with E-state index in [0.717, 1.165) is 37.1 Å². The summed E-state index contributed by atoms with van der Waals surface area (Å²) >= 11 is 3.14. The molecule has 1 amide bonds. The van der Waals surface area contributed by atoms with Crippen LogP contribution >= 0.6 is 22.7 Å². The Morgan fingerprint density at radius 1 is 1.00 bits per heavy atom.